The van der Waals surface area contributed by atoms with E-state index in [1.165, 1.54) is 6.92 Å². The number of ether oxygens (including phenoxy) is 2. The Balaban J connectivity index is 2.17. The molecule has 0 aromatic heterocycles. The molecule has 0 saturated carbocycles. The van der Waals surface area contributed by atoms with E-state index in [9.17, 15) is 4.79 Å². The first-order valence-corrected chi connectivity index (χ1v) is 6.59. The van der Waals surface area contributed by atoms with Gasteiger partial charge in [0.05, 0.1) is 19.0 Å². The fraction of sp³-hybridized carbons (Fsp3) is 0.176. The summed E-state index contributed by atoms with van der Waals surface area (Å²) in [6.07, 6.45) is 1.13. The van der Waals surface area contributed by atoms with E-state index in [1.807, 2.05) is 54.6 Å². The van der Waals surface area contributed by atoms with Crippen molar-refractivity contribution >= 4 is 17.9 Å². The Morgan fingerprint density at radius 2 is 1.76 bits per heavy atom. The molecule has 0 bridgehead atoms. The van der Waals surface area contributed by atoms with Gasteiger partial charge < -0.3 is 9.47 Å². The van der Waals surface area contributed by atoms with Gasteiger partial charge in [-0.3, -0.25) is 9.79 Å². The number of hydrogen-bond acceptors (Lipinski definition) is 4. The number of carbonyl (C=O) groups excluding carboxylic acids is 1. The van der Waals surface area contributed by atoms with Crippen LogP contribution in [0.3, 0.4) is 0 Å². The van der Waals surface area contributed by atoms with Gasteiger partial charge in [-0.2, -0.15) is 0 Å². The summed E-state index contributed by atoms with van der Waals surface area (Å²) in [4.78, 5) is 15.6. The second-order valence-corrected chi connectivity index (χ2v) is 4.42. The van der Waals surface area contributed by atoms with Crippen LogP contribution in [0.25, 0.3) is 0 Å². The van der Waals surface area contributed by atoms with Crippen LogP contribution in [0.5, 0.6) is 5.75 Å². The molecule has 0 aliphatic heterocycles. The number of hydrogen-bond donors (Lipinski definition) is 0. The summed E-state index contributed by atoms with van der Waals surface area (Å²) in [5, 5.41) is 0. The zero-order chi connectivity index (χ0) is 15.1. The fourth-order valence-corrected chi connectivity index (χ4v) is 1.83. The lowest BCUT2D eigenvalue weighted by molar-refractivity contribution is -0.143. The van der Waals surface area contributed by atoms with Gasteiger partial charge in [0.1, 0.15) is 5.75 Å². The van der Waals surface area contributed by atoms with Gasteiger partial charge in [-0.05, 0) is 29.8 Å². The molecule has 0 amide bonds. The molecule has 1 unspecified atom stereocenters. The van der Waals surface area contributed by atoms with Crippen LogP contribution in [0.4, 0.5) is 5.69 Å². The zero-order valence-electron chi connectivity index (χ0n) is 12.0. The lowest BCUT2D eigenvalue weighted by Crippen LogP contribution is -2.09. The molecule has 0 aliphatic carbocycles. The SMILES string of the molecule is COc1ccc(N=CC(OC(C)=O)c2ccccc2)cc1. The van der Waals surface area contributed by atoms with E-state index < -0.39 is 6.10 Å². The number of benzene rings is 2. The van der Waals surface area contributed by atoms with E-state index in [1.54, 1.807) is 13.3 Å². The largest absolute Gasteiger partial charge is 0.497 e. The highest BCUT2D eigenvalue weighted by Crippen LogP contribution is 2.20. The molecular formula is C17H17NO3. The molecule has 0 radical (unpaired) electrons. The maximum absolute atomic E-state index is 11.2. The number of carbonyl (C=O) groups is 1. The van der Waals surface area contributed by atoms with Gasteiger partial charge in [0.25, 0.3) is 0 Å². The van der Waals surface area contributed by atoms with Gasteiger partial charge in [0, 0.05) is 6.92 Å². The van der Waals surface area contributed by atoms with Gasteiger partial charge in [-0.1, -0.05) is 30.3 Å². The molecule has 0 heterocycles. The smallest absolute Gasteiger partial charge is 0.303 e. The van der Waals surface area contributed by atoms with Crippen molar-refractivity contribution in [3.8, 4) is 5.75 Å². The van der Waals surface area contributed by atoms with E-state index in [2.05, 4.69) is 4.99 Å². The molecule has 4 nitrogen and oxygen atoms in total. The summed E-state index contributed by atoms with van der Waals surface area (Å²) in [7, 11) is 1.62. The first-order valence-electron chi connectivity index (χ1n) is 6.59. The summed E-state index contributed by atoms with van der Waals surface area (Å²) >= 11 is 0. The minimum atomic E-state index is -0.495. The average Bonchev–Trinajstić information content (AvgIpc) is 2.52. The number of methoxy groups -OCH3 is 1. The molecule has 4 heteroatoms. The standard InChI is InChI=1S/C17H17NO3/c1-13(19)21-17(14-6-4-3-5-7-14)12-18-15-8-10-16(20-2)11-9-15/h3-12,17H,1-2H3. The predicted molar refractivity (Wildman–Crippen MR) is 82.1 cm³/mol. The van der Waals surface area contributed by atoms with E-state index in [0.717, 1.165) is 17.0 Å². The Morgan fingerprint density at radius 3 is 2.33 bits per heavy atom. The van der Waals surface area contributed by atoms with Crippen molar-refractivity contribution in [1.82, 2.24) is 0 Å². The average molecular weight is 283 g/mol. The van der Waals surface area contributed by atoms with Gasteiger partial charge in [-0.25, -0.2) is 0 Å². The summed E-state index contributed by atoms with van der Waals surface area (Å²) in [6, 6.07) is 16.8. The highest BCUT2D eigenvalue weighted by Gasteiger charge is 2.11. The number of rotatable bonds is 5. The molecule has 0 N–H and O–H groups in total. The monoisotopic (exact) mass is 283 g/mol. The summed E-state index contributed by atoms with van der Waals surface area (Å²) in [6.45, 7) is 1.39. The maximum Gasteiger partial charge on any atom is 0.303 e. The number of esters is 1. The van der Waals surface area contributed by atoms with Gasteiger partial charge in [-0.15, -0.1) is 0 Å². The Bertz CT molecular complexity index is 606. The van der Waals surface area contributed by atoms with E-state index in [0.29, 0.717) is 0 Å². The third kappa shape index (κ3) is 4.45. The van der Waals surface area contributed by atoms with Crippen LogP contribution in [0.1, 0.15) is 18.6 Å². The quantitative estimate of drug-likeness (QED) is 0.621. The summed E-state index contributed by atoms with van der Waals surface area (Å²) < 4.78 is 10.4. The van der Waals surface area contributed by atoms with Crippen molar-refractivity contribution in [2.75, 3.05) is 7.11 Å². The van der Waals surface area contributed by atoms with Gasteiger partial charge in [0.2, 0.25) is 0 Å². The second-order valence-electron chi connectivity index (χ2n) is 4.42. The molecule has 0 aliphatic rings. The molecule has 1 atom stereocenters. The molecule has 2 aromatic carbocycles. The van der Waals surface area contributed by atoms with E-state index in [-0.39, 0.29) is 5.97 Å². The predicted octanol–water partition coefficient (Wildman–Crippen LogP) is 3.70. The highest BCUT2D eigenvalue weighted by molar-refractivity contribution is 5.75. The van der Waals surface area contributed by atoms with Crippen molar-refractivity contribution in [2.24, 2.45) is 4.99 Å². The molecule has 0 fully saturated rings. The van der Waals surface area contributed by atoms with E-state index >= 15 is 0 Å². The van der Waals surface area contributed by atoms with Crippen molar-refractivity contribution in [3.63, 3.8) is 0 Å². The summed E-state index contributed by atoms with van der Waals surface area (Å²) in [5.74, 6) is 0.429. The fourth-order valence-electron chi connectivity index (χ4n) is 1.83. The number of nitrogens with zero attached hydrogens (tertiary/aromatic N) is 1. The van der Waals surface area contributed by atoms with E-state index in [4.69, 9.17) is 9.47 Å². The lowest BCUT2D eigenvalue weighted by atomic mass is 10.1. The summed E-state index contributed by atoms with van der Waals surface area (Å²) in [5.41, 5.74) is 1.65. The van der Waals surface area contributed by atoms with Crippen LogP contribution in [0, 0.1) is 0 Å². The van der Waals surface area contributed by atoms with Crippen molar-refractivity contribution in [3.05, 3.63) is 60.2 Å². The lowest BCUT2D eigenvalue weighted by Gasteiger charge is -2.12. The Morgan fingerprint density at radius 1 is 1.10 bits per heavy atom. The molecule has 2 aromatic rings. The minimum absolute atomic E-state index is 0.343. The highest BCUT2D eigenvalue weighted by atomic mass is 16.5. The third-order valence-corrected chi connectivity index (χ3v) is 2.85. The van der Waals surface area contributed by atoms with Crippen molar-refractivity contribution in [2.45, 2.75) is 13.0 Å². The van der Waals surface area contributed by atoms with Crippen LogP contribution < -0.4 is 4.74 Å². The van der Waals surface area contributed by atoms with Gasteiger partial charge in [0.15, 0.2) is 6.10 Å². The molecular weight excluding hydrogens is 266 g/mol. The van der Waals surface area contributed by atoms with Crippen molar-refractivity contribution < 1.29 is 14.3 Å². The Hall–Kier alpha value is -2.62. The number of aliphatic imine (C=N–C) groups is 1. The molecule has 21 heavy (non-hydrogen) atoms. The molecule has 0 spiro atoms. The molecule has 108 valence electrons. The first kappa shape index (κ1) is 14.8. The maximum atomic E-state index is 11.2. The Kier molecular flexibility index (Phi) is 5.10. The Labute approximate surface area is 124 Å². The topological polar surface area (TPSA) is 47.9 Å². The van der Waals surface area contributed by atoms with Crippen molar-refractivity contribution in [1.29, 1.82) is 0 Å². The molecule has 2 rings (SSSR count). The van der Waals surface area contributed by atoms with Gasteiger partial charge >= 0.3 is 5.97 Å². The normalized spacial score (nSPS) is 12.1. The van der Waals surface area contributed by atoms with Crippen LogP contribution in [0.2, 0.25) is 0 Å². The van der Waals surface area contributed by atoms with Crippen LogP contribution in [-0.2, 0) is 9.53 Å². The zero-order valence-corrected chi connectivity index (χ0v) is 12.0. The molecule has 0 saturated heterocycles. The minimum Gasteiger partial charge on any atom is -0.497 e. The first-order chi connectivity index (χ1) is 10.2. The second kappa shape index (κ2) is 7.24. The van der Waals surface area contributed by atoms with Crippen LogP contribution in [0.15, 0.2) is 59.6 Å². The van der Waals surface area contributed by atoms with Crippen LogP contribution in [-0.4, -0.2) is 19.3 Å². The third-order valence-electron chi connectivity index (χ3n) is 2.85. The van der Waals surface area contributed by atoms with Crippen LogP contribution >= 0.6 is 0 Å².